The molecule has 0 spiro atoms. The summed E-state index contributed by atoms with van der Waals surface area (Å²) in [5.41, 5.74) is -0.961. The Labute approximate surface area is 52.7 Å². The Balaban J connectivity index is 2.63. The number of hydrogen-bond donors (Lipinski definition) is 1. The van der Waals surface area contributed by atoms with Crippen molar-refractivity contribution in [1.29, 1.82) is 0 Å². The van der Waals surface area contributed by atoms with Crippen molar-refractivity contribution in [2.75, 3.05) is 6.61 Å². The summed E-state index contributed by atoms with van der Waals surface area (Å²) in [5, 5.41) is 4.71. The van der Waals surface area contributed by atoms with Crippen LogP contribution in [0.3, 0.4) is 0 Å². The van der Waals surface area contributed by atoms with Crippen LogP contribution >= 0.6 is 0 Å². The maximum atomic E-state index is 10.4. The van der Waals surface area contributed by atoms with Gasteiger partial charge in [-0.1, -0.05) is 0 Å². The lowest BCUT2D eigenvalue weighted by atomic mass is 10.5. The van der Waals surface area contributed by atoms with E-state index in [1.807, 2.05) is 0 Å². The molecule has 1 aliphatic rings. The van der Waals surface area contributed by atoms with Crippen molar-refractivity contribution in [3.8, 4) is 0 Å². The molecule has 0 aliphatic carbocycles. The third-order valence-electron chi connectivity index (χ3n) is 0.979. The molecule has 1 fully saturated rings. The smallest absolute Gasteiger partial charge is 0.235 e. The van der Waals surface area contributed by atoms with E-state index in [1.54, 1.807) is 0 Å². The Morgan fingerprint density at radius 1 is 1.56 bits per heavy atom. The maximum Gasteiger partial charge on any atom is 0.239 e. The summed E-state index contributed by atoms with van der Waals surface area (Å²) < 4.78 is 20.8. The van der Waals surface area contributed by atoms with E-state index >= 15 is 0 Å². The van der Waals surface area contributed by atoms with Gasteiger partial charge in [0.25, 0.3) is 0 Å². The van der Waals surface area contributed by atoms with Crippen molar-refractivity contribution in [2.24, 2.45) is 5.14 Å². The fourth-order valence-electron chi connectivity index (χ4n) is 0.535. The first-order valence-electron chi connectivity index (χ1n) is 2.40. The zero-order valence-corrected chi connectivity index (χ0v) is 5.43. The summed E-state index contributed by atoms with van der Waals surface area (Å²) in [6.07, 6.45) is 0.318. The summed E-state index contributed by atoms with van der Waals surface area (Å²) in [6, 6.07) is 0. The van der Waals surface area contributed by atoms with Crippen molar-refractivity contribution in [3.63, 3.8) is 0 Å². The lowest BCUT2D eigenvalue weighted by molar-refractivity contribution is -0.257. The molecular formula is C3H7NO4S. The second-order valence-electron chi connectivity index (χ2n) is 1.73. The van der Waals surface area contributed by atoms with Crippen LogP contribution < -0.4 is 5.14 Å². The first-order valence-corrected chi connectivity index (χ1v) is 4.01. The predicted molar refractivity (Wildman–Crippen MR) is 28.5 cm³/mol. The van der Waals surface area contributed by atoms with E-state index in [1.165, 1.54) is 0 Å². The average Bonchev–Trinajstić information content (AvgIpc) is 2.08. The molecule has 0 saturated carbocycles. The maximum absolute atomic E-state index is 10.4. The lowest BCUT2D eigenvalue weighted by Crippen LogP contribution is -2.27. The largest absolute Gasteiger partial charge is 0.239 e. The standard InChI is InChI=1S/C3H7NO4S/c4-9(5,6)3-1-2-7-8-3/h3H,1-2H2,(H2,4,5,6). The molecule has 1 rings (SSSR count). The van der Waals surface area contributed by atoms with Crippen molar-refractivity contribution < 1.29 is 18.2 Å². The van der Waals surface area contributed by atoms with Gasteiger partial charge in [0.15, 0.2) is 0 Å². The fourth-order valence-corrected chi connectivity index (χ4v) is 1.13. The monoisotopic (exact) mass is 153 g/mol. The molecule has 1 unspecified atom stereocenters. The minimum absolute atomic E-state index is 0.293. The first-order chi connectivity index (χ1) is 4.11. The highest BCUT2D eigenvalue weighted by atomic mass is 32.2. The predicted octanol–water partition coefficient (Wildman–Crippen LogP) is -1.05. The van der Waals surface area contributed by atoms with E-state index in [4.69, 9.17) is 5.14 Å². The molecule has 0 aromatic rings. The average molecular weight is 153 g/mol. The van der Waals surface area contributed by atoms with Crippen LogP contribution in [0.5, 0.6) is 0 Å². The third-order valence-corrected chi connectivity index (χ3v) is 2.03. The zero-order chi connectivity index (χ0) is 6.91. The molecule has 6 heteroatoms. The molecule has 1 aliphatic heterocycles. The van der Waals surface area contributed by atoms with Crippen molar-refractivity contribution in [3.05, 3.63) is 0 Å². The molecule has 54 valence electrons. The molecule has 0 amide bonds. The number of sulfonamides is 1. The van der Waals surface area contributed by atoms with Crippen LogP contribution in [0, 0.1) is 0 Å². The molecule has 1 saturated heterocycles. The highest BCUT2D eigenvalue weighted by Crippen LogP contribution is 2.11. The van der Waals surface area contributed by atoms with Gasteiger partial charge in [-0.2, -0.15) is 0 Å². The van der Waals surface area contributed by atoms with Crippen molar-refractivity contribution in [1.82, 2.24) is 0 Å². The fraction of sp³-hybridized carbons (Fsp3) is 1.00. The number of nitrogens with two attached hydrogens (primary N) is 1. The summed E-state index contributed by atoms with van der Waals surface area (Å²) in [7, 11) is -3.55. The lowest BCUT2D eigenvalue weighted by Gasteiger charge is -2.00. The van der Waals surface area contributed by atoms with Gasteiger partial charge in [-0.25, -0.2) is 23.3 Å². The summed E-state index contributed by atoms with van der Waals surface area (Å²) >= 11 is 0. The van der Waals surface area contributed by atoms with Crippen LogP contribution in [-0.4, -0.2) is 20.5 Å². The quantitative estimate of drug-likeness (QED) is 0.488. The van der Waals surface area contributed by atoms with E-state index in [-0.39, 0.29) is 0 Å². The van der Waals surface area contributed by atoms with Gasteiger partial charge < -0.3 is 0 Å². The molecule has 5 nitrogen and oxygen atoms in total. The second-order valence-corrected chi connectivity index (χ2v) is 3.43. The first kappa shape index (κ1) is 6.94. The van der Waals surface area contributed by atoms with Crippen molar-refractivity contribution in [2.45, 2.75) is 11.9 Å². The Morgan fingerprint density at radius 3 is 2.44 bits per heavy atom. The van der Waals surface area contributed by atoms with Crippen LogP contribution in [0.25, 0.3) is 0 Å². The van der Waals surface area contributed by atoms with Crippen LogP contribution in [0.15, 0.2) is 0 Å². The van der Waals surface area contributed by atoms with Crippen molar-refractivity contribution >= 4 is 10.0 Å². The molecule has 0 aromatic heterocycles. The Kier molecular flexibility index (Phi) is 1.71. The number of rotatable bonds is 1. The SMILES string of the molecule is NS(=O)(=O)C1CCOO1. The van der Waals surface area contributed by atoms with Gasteiger partial charge in [0.05, 0.1) is 6.61 Å². The normalized spacial score (nSPS) is 28.8. The van der Waals surface area contributed by atoms with Gasteiger partial charge in [0.2, 0.25) is 15.5 Å². The minimum atomic E-state index is -3.55. The van der Waals surface area contributed by atoms with Gasteiger partial charge in [0, 0.05) is 6.42 Å². The highest BCUT2D eigenvalue weighted by molar-refractivity contribution is 7.89. The Bertz CT molecular complexity index is 180. The third kappa shape index (κ3) is 1.62. The molecule has 0 aromatic carbocycles. The van der Waals surface area contributed by atoms with Crippen LogP contribution in [0.2, 0.25) is 0 Å². The van der Waals surface area contributed by atoms with E-state index in [0.717, 1.165) is 0 Å². The molecule has 1 atom stereocenters. The minimum Gasteiger partial charge on any atom is -0.235 e. The topological polar surface area (TPSA) is 78.6 Å². The van der Waals surface area contributed by atoms with Gasteiger partial charge in [-0.3, -0.25) is 0 Å². The summed E-state index contributed by atoms with van der Waals surface area (Å²) in [5.74, 6) is 0. The highest BCUT2D eigenvalue weighted by Gasteiger charge is 2.27. The zero-order valence-electron chi connectivity index (χ0n) is 4.61. The molecular weight excluding hydrogens is 146 g/mol. The van der Waals surface area contributed by atoms with E-state index in [2.05, 4.69) is 9.78 Å². The van der Waals surface area contributed by atoms with E-state index in [0.29, 0.717) is 13.0 Å². The molecule has 0 bridgehead atoms. The van der Waals surface area contributed by atoms with Gasteiger partial charge in [0.1, 0.15) is 0 Å². The summed E-state index contributed by atoms with van der Waals surface area (Å²) in [4.78, 5) is 8.63. The molecule has 1 heterocycles. The van der Waals surface area contributed by atoms with E-state index in [9.17, 15) is 8.42 Å². The Morgan fingerprint density at radius 2 is 2.22 bits per heavy atom. The molecule has 9 heavy (non-hydrogen) atoms. The Hall–Kier alpha value is -0.170. The summed E-state index contributed by atoms with van der Waals surface area (Å²) in [6.45, 7) is 0.293. The van der Waals surface area contributed by atoms with Gasteiger partial charge in [-0.05, 0) is 0 Å². The number of primary sulfonamides is 1. The molecule has 0 radical (unpaired) electrons. The molecule has 2 N–H and O–H groups in total. The van der Waals surface area contributed by atoms with Crippen LogP contribution in [-0.2, 0) is 19.8 Å². The number of hydrogen-bond acceptors (Lipinski definition) is 4. The van der Waals surface area contributed by atoms with Gasteiger partial charge in [-0.15, -0.1) is 0 Å². The van der Waals surface area contributed by atoms with Crippen LogP contribution in [0.1, 0.15) is 6.42 Å². The van der Waals surface area contributed by atoms with Crippen LogP contribution in [0.4, 0.5) is 0 Å². The van der Waals surface area contributed by atoms with E-state index < -0.39 is 15.5 Å². The second kappa shape index (κ2) is 2.22. The van der Waals surface area contributed by atoms with Gasteiger partial charge >= 0.3 is 0 Å².